The van der Waals surface area contributed by atoms with E-state index in [-0.39, 0.29) is 5.82 Å². The van der Waals surface area contributed by atoms with Gasteiger partial charge in [-0.05, 0) is 32.0 Å². The van der Waals surface area contributed by atoms with E-state index in [9.17, 15) is 18.3 Å². The number of carbonyl (C=O) groups is 1. The number of aryl methyl sites for hydroxylation is 1. The number of aliphatic carboxylic acids is 1. The van der Waals surface area contributed by atoms with Crippen molar-refractivity contribution < 1.29 is 28.2 Å². The van der Waals surface area contributed by atoms with Gasteiger partial charge in [0, 0.05) is 23.7 Å². The van der Waals surface area contributed by atoms with Gasteiger partial charge in [-0.15, -0.1) is 0 Å². The van der Waals surface area contributed by atoms with Gasteiger partial charge in [-0.3, -0.25) is 9.36 Å². The zero-order chi connectivity index (χ0) is 22.9. The molecule has 2 N–H and O–H groups in total. The third-order valence-electron chi connectivity index (χ3n) is 4.72. The first-order valence-electron chi connectivity index (χ1n) is 9.29. The molecule has 162 valence electrons. The molecule has 0 radical (unpaired) electrons. The predicted octanol–water partition coefficient (Wildman–Crippen LogP) is 4.44. The summed E-state index contributed by atoms with van der Waals surface area (Å²) >= 11 is 0. The number of benzene rings is 2. The maximum Gasteiger partial charge on any atom is 0.416 e. The van der Waals surface area contributed by atoms with E-state index in [0.717, 1.165) is 24.8 Å². The van der Waals surface area contributed by atoms with Crippen LogP contribution in [0.5, 0.6) is 0 Å². The van der Waals surface area contributed by atoms with Gasteiger partial charge < -0.3 is 10.2 Å². The van der Waals surface area contributed by atoms with Crippen LogP contribution in [0.4, 0.5) is 13.2 Å². The maximum atomic E-state index is 13.3. The van der Waals surface area contributed by atoms with E-state index < -0.39 is 23.9 Å². The highest BCUT2D eigenvalue weighted by molar-refractivity contribution is 6.15. The Balaban J connectivity index is 0.000000628. The SMILES string of the molecule is CC(=O)O.Cc1nc2n(c1C)-c1ccc(C(F)(F)F)cc1C(c1ccccc1)=NC2O. The van der Waals surface area contributed by atoms with Crippen LogP contribution < -0.4 is 0 Å². The van der Waals surface area contributed by atoms with E-state index in [1.807, 2.05) is 13.0 Å². The molecule has 0 amide bonds. The summed E-state index contributed by atoms with van der Waals surface area (Å²) < 4.78 is 41.7. The van der Waals surface area contributed by atoms with Crippen molar-refractivity contribution in [1.82, 2.24) is 9.55 Å². The van der Waals surface area contributed by atoms with E-state index in [4.69, 9.17) is 9.90 Å². The van der Waals surface area contributed by atoms with Gasteiger partial charge in [-0.25, -0.2) is 9.98 Å². The number of aliphatic imine (C=N–C) groups is 1. The Labute approximate surface area is 176 Å². The number of carboxylic acids is 1. The number of aliphatic hydroxyl groups is 1. The Morgan fingerprint density at radius 1 is 1.10 bits per heavy atom. The summed E-state index contributed by atoms with van der Waals surface area (Å²) in [7, 11) is 0. The molecule has 6 nitrogen and oxygen atoms in total. The highest BCUT2D eigenvalue weighted by atomic mass is 19.4. The molecule has 1 unspecified atom stereocenters. The van der Waals surface area contributed by atoms with Crippen LogP contribution in [0.25, 0.3) is 5.69 Å². The van der Waals surface area contributed by atoms with Crippen LogP contribution in [-0.2, 0) is 11.0 Å². The molecule has 9 heteroatoms. The highest BCUT2D eigenvalue weighted by Crippen LogP contribution is 2.36. The van der Waals surface area contributed by atoms with E-state index in [2.05, 4.69) is 9.98 Å². The third-order valence-corrected chi connectivity index (χ3v) is 4.72. The number of fused-ring (bicyclic) bond motifs is 3. The van der Waals surface area contributed by atoms with Gasteiger partial charge in [0.15, 0.2) is 5.82 Å². The number of hydrogen-bond donors (Lipinski definition) is 2. The van der Waals surface area contributed by atoms with Crippen LogP contribution in [-0.4, -0.2) is 31.4 Å². The van der Waals surface area contributed by atoms with Crippen molar-refractivity contribution in [2.24, 2.45) is 4.99 Å². The monoisotopic (exact) mass is 431 g/mol. The molecular weight excluding hydrogens is 411 g/mol. The summed E-state index contributed by atoms with van der Waals surface area (Å²) in [6, 6.07) is 12.4. The van der Waals surface area contributed by atoms with Crippen LogP contribution in [0.3, 0.4) is 0 Å². The van der Waals surface area contributed by atoms with Gasteiger partial charge in [0.25, 0.3) is 5.97 Å². The van der Waals surface area contributed by atoms with E-state index in [1.54, 1.807) is 35.8 Å². The first-order valence-corrected chi connectivity index (χ1v) is 9.29. The van der Waals surface area contributed by atoms with Crippen LogP contribution in [0.1, 0.15) is 47.1 Å². The van der Waals surface area contributed by atoms with Crippen molar-refractivity contribution in [1.29, 1.82) is 0 Å². The molecule has 0 bridgehead atoms. The summed E-state index contributed by atoms with van der Waals surface area (Å²) in [5.74, 6) is -0.545. The molecule has 0 aliphatic carbocycles. The number of imidazole rings is 1. The minimum Gasteiger partial charge on any atom is -0.481 e. The minimum absolute atomic E-state index is 0.289. The summed E-state index contributed by atoms with van der Waals surface area (Å²) in [5.41, 5.74) is 2.40. The second-order valence-electron chi connectivity index (χ2n) is 6.94. The number of aliphatic hydroxyl groups excluding tert-OH is 1. The molecule has 2 heterocycles. The molecule has 1 aromatic heterocycles. The first-order chi connectivity index (χ1) is 14.5. The molecule has 2 aromatic carbocycles. The third kappa shape index (κ3) is 4.51. The van der Waals surface area contributed by atoms with Crippen molar-refractivity contribution in [2.75, 3.05) is 0 Å². The van der Waals surface area contributed by atoms with Crippen molar-refractivity contribution in [3.05, 3.63) is 82.4 Å². The number of nitrogens with zero attached hydrogens (tertiary/aromatic N) is 3. The molecule has 3 aromatic rings. The molecule has 1 atom stereocenters. The smallest absolute Gasteiger partial charge is 0.416 e. The van der Waals surface area contributed by atoms with Crippen molar-refractivity contribution in [3.63, 3.8) is 0 Å². The van der Waals surface area contributed by atoms with Crippen LogP contribution in [0.2, 0.25) is 0 Å². The van der Waals surface area contributed by atoms with Crippen LogP contribution in [0, 0.1) is 13.8 Å². The predicted molar refractivity (Wildman–Crippen MR) is 108 cm³/mol. The van der Waals surface area contributed by atoms with Crippen LogP contribution in [0.15, 0.2) is 53.5 Å². The highest BCUT2D eigenvalue weighted by Gasteiger charge is 2.34. The second-order valence-corrected chi connectivity index (χ2v) is 6.94. The molecule has 0 saturated heterocycles. The largest absolute Gasteiger partial charge is 0.481 e. The summed E-state index contributed by atoms with van der Waals surface area (Å²) in [4.78, 5) is 17.7. The lowest BCUT2D eigenvalue weighted by molar-refractivity contribution is -0.137. The quantitative estimate of drug-likeness (QED) is 0.596. The standard InChI is InChI=1S/C20H16F3N3O.C2H4O2/c1-11-12(2)26-16-9-8-14(20(21,22)23)10-15(16)17(13-6-4-3-5-7-13)25-19(27)18(26)24-11;1-2(3)4/h3-10,19,27H,1-2H3;1H3,(H,3,4). The summed E-state index contributed by atoms with van der Waals surface area (Å²) in [6.07, 6.45) is -5.76. The topological polar surface area (TPSA) is 87.7 Å². The van der Waals surface area contributed by atoms with Crippen molar-refractivity contribution in [3.8, 4) is 5.69 Å². The van der Waals surface area contributed by atoms with Gasteiger partial charge in [-0.1, -0.05) is 30.3 Å². The fourth-order valence-corrected chi connectivity index (χ4v) is 3.29. The molecule has 0 saturated carbocycles. The molecule has 4 rings (SSSR count). The lowest BCUT2D eigenvalue weighted by atomic mass is 9.98. The summed E-state index contributed by atoms with van der Waals surface area (Å²) in [6.45, 7) is 4.68. The number of alkyl halides is 3. The van der Waals surface area contributed by atoms with Gasteiger partial charge in [-0.2, -0.15) is 13.2 Å². The number of halogens is 3. The molecular formula is C22H20F3N3O3. The Bertz CT molecular complexity index is 1150. The summed E-state index contributed by atoms with van der Waals surface area (Å²) in [5, 5.41) is 18.0. The number of carboxylic acid groups (broad SMARTS) is 1. The minimum atomic E-state index is -4.48. The second kappa shape index (κ2) is 8.35. The Hall–Kier alpha value is -3.46. The molecule has 1 aliphatic rings. The average molecular weight is 431 g/mol. The zero-order valence-electron chi connectivity index (χ0n) is 17.0. The molecule has 0 fully saturated rings. The first kappa shape index (κ1) is 22.2. The van der Waals surface area contributed by atoms with Crippen molar-refractivity contribution >= 4 is 11.7 Å². The maximum absolute atomic E-state index is 13.3. The Morgan fingerprint density at radius 2 is 1.71 bits per heavy atom. The molecule has 31 heavy (non-hydrogen) atoms. The average Bonchev–Trinajstić information content (AvgIpc) is 2.93. The molecule has 1 aliphatic heterocycles. The van der Waals surface area contributed by atoms with Gasteiger partial charge in [0.05, 0.1) is 22.7 Å². The molecule has 0 spiro atoms. The van der Waals surface area contributed by atoms with Crippen molar-refractivity contribution in [2.45, 2.75) is 33.2 Å². The fraction of sp³-hybridized carbons (Fsp3) is 0.227. The normalized spacial score (nSPS) is 15.1. The van der Waals surface area contributed by atoms with Gasteiger partial charge in [0.1, 0.15) is 0 Å². The Morgan fingerprint density at radius 3 is 2.29 bits per heavy atom. The van der Waals surface area contributed by atoms with E-state index >= 15 is 0 Å². The lowest BCUT2D eigenvalue weighted by Crippen LogP contribution is -2.12. The Kier molecular flexibility index (Phi) is 5.99. The lowest BCUT2D eigenvalue weighted by Gasteiger charge is -2.16. The fourth-order valence-electron chi connectivity index (χ4n) is 3.29. The zero-order valence-corrected chi connectivity index (χ0v) is 17.0. The van der Waals surface area contributed by atoms with E-state index in [1.165, 1.54) is 6.07 Å². The number of aromatic nitrogens is 2. The number of hydrogen-bond acceptors (Lipinski definition) is 4. The van der Waals surface area contributed by atoms with Gasteiger partial charge in [0.2, 0.25) is 6.23 Å². The van der Waals surface area contributed by atoms with Gasteiger partial charge >= 0.3 is 6.18 Å². The van der Waals surface area contributed by atoms with E-state index in [0.29, 0.717) is 28.2 Å². The number of rotatable bonds is 1. The van der Waals surface area contributed by atoms with Crippen LogP contribution >= 0.6 is 0 Å².